The van der Waals surface area contributed by atoms with Gasteiger partial charge in [-0.3, -0.25) is 9.89 Å². The van der Waals surface area contributed by atoms with Gasteiger partial charge < -0.3 is 4.90 Å². The molecule has 1 aromatic heterocycles. The largest absolute Gasteiger partial charge is 0.306 e. The predicted octanol–water partition coefficient (Wildman–Crippen LogP) is 1.37. The number of hydrogen-bond donors (Lipinski definition) is 2. The lowest BCUT2D eigenvalue weighted by Gasteiger charge is -2.22. The van der Waals surface area contributed by atoms with Gasteiger partial charge in [-0.1, -0.05) is 18.2 Å². The standard InChI is InChI=1S/C14H17N5O/c1-19-8-6-10(7-9-19)15-18-14(20)13-11-4-2-3-5-12(11)16-17-13/h2-5H,6-9H2,1H3,(H,16,17)(H,18,20). The number of carbonyl (C=O) groups is 1. The zero-order chi connectivity index (χ0) is 13.9. The van der Waals surface area contributed by atoms with Gasteiger partial charge in [0.2, 0.25) is 0 Å². The van der Waals surface area contributed by atoms with Gasteiger partial charge >= 0.3 is 0 Å². The minimum Gasteiger partial charge on any atom is -0.306 e. The molecule has 1 fully saturated rings. The molecule has 104 valence electrons. The number of hydrogen-bond acceptors (Lipinski definition) is 4. The van der Waals surface area contributed by atoms with Crippen molar-refractivity contribution in [3.63, 3.8) is 0 Å². The van der Waals surface area contributed by atoms with Gasteiger partial charge in [0.15, 0.2) is 5.69 Å². The summed E-state index contributed by atoms with van der Waals surface area (Å²) in [6.07, 6.45) is 1.80. The minimum absolute atomic E-state index is 0.270. The van der Waals surface area contributed by atoms with Crippen molar-refractivity contribution in [2.24, 2.45) is 5.10 Å². The maximum absolute atomic E-state index is 12.1. The van der Waals surface area contributed by atoms with E-state index in [4.69, 9.17) is 0 Å². The topological polar surface area (TPSA) is 73.4 Å². The lowest BCUT2D eigenvalue weighted by atomic mass is 10.1. The summed E-state index contributed by atoms with van der Waals surface area (Å²) in [6, 6.07) is 7.55. The lowest BCUT2D eigenvalue weighted by Crippen LogP contribution is -2.32. The van der Waals surface area contributed by atoms with Gasteiger partial charge in [0, 0.05) is 37.0 Å². The van der Waals surface area contributed by atoms with Crippen LogP contribution in [0.15, 0.2) is 29.4 Å². The molecule has 3 rings (SSSR count). The van der Waals surface area contributed by atoms with Crippen molar-refractivity contribution >= 4 is 22.5 Å². The number of piperidine rings is 1. The summed E-state index contributed by atoms with van der Waals surface area (Å²) in [4.78, 5) is 14.4. The molecule has 0 spiro atoms. The molecule has 0 unspecified atom stereocenters. The Kier molecular flexibility index (Phi) is 3.47. The smallest absolute Gasteiger partial charge is 0.292 e. The number of nitrogens with one attached hydrogen (secondary N) is 2. The molecule has 0 radical (unpaired) electrons. The molecule has 6 nitrogen and oxygen atoms in total. The second-order valence-electron chi connectivity index (χ2n) is 5.04. The Bertz CT molecular complexity index is 650. The maximum Gasteiger partial charge on any atom is 0.292 e. The summed E-state index contributed by atoms with van der Waals surface area (Å²) in [5, 5.41) is 11.9. The summed E-state index contributed by atoms with van der Waals surface area (Å²) in [7, 11) is 2.09. The molecule has 2 N–H and O–H groups in total. The molecular weight excluding hydrogens is 254 g/mol. The highest BCUT2D eigenvalue weighted by atomic mass is 16.2. The van der Waals surface area contributed by atoms with Crippen molar-refractivity contribution in [1.82, 2.24) is 20.5 Å². The summed E-state index contributed by atoms with van der Waals surface area (Å²) < 4.78 is 0. The molecule has 0 bridgehead atoms. The monoisotopic (exact) mass is 271 g/mol. The molecular formula is C14H17N5O. The Hall–Kier alpha value is -2.21. The summed E-state index contributed by atoms with van der Waals surface area (Å²) in [5.41, 5.74) is 4.89. The number of benzene rings is 1. The van der Waals surface area contributed by atoms with E-state index in [1.807, 2.05) is 24.3 Å². The molecule has 1 aliphatic heterocycles. The average molecular weight is 271 g/mol. The van der Waals surface area contributed by atoms with Gasteiger partial charge in [0.05, 0.1) is 5.52 Å². The zero-order valence-electron chi connectivity index (χ0n) is 11.4. The number of likely N-dealkylation sites (tertiary alicyclic amines) is 1. The molecule has 20 heavy (non-hydrogen) atoms. The number of carbonyl (C=O) groups excluding carboxylic acids is 1. The van der Waals surface area contributed by atoms with Gasteiger partial charge in [0.1, 0.15) is 0 Å². The number of para-hydroxylation sites is 1. The molecule has 0 atom stereocenters. The number of nitrogens with zero attached hydrogens (tertiary/aromatic N) is 3. The molecule has 0 aliphatic carbocycles. The third-order valence-corrected chi connectivity index (χ3v) is 3.57. The predicted molar refractivity (Wildman–Crippen MR) is 77.7 cm³/mol. The van der Waals surface area contributed by atoms with E-state index in [2.05, 4.69) is 32.7 Å². The van der Waals surface area contributed by atoms with Crippen LogP contribution < -0.4 is 5.43 Å². The molecule has 0 saturated carbocycles. The Labute approximate surface area is 116 Å². The second kappa shape index (κ2) is 5.42. The lowest BCUT2D eigenvalue weighted by molar-refractivity contribution is 0.0951. The first kappa shape index (κ1) is 12.8. The molecule has 6 heteroatoms. The fourth-order valence-corrected chi connectivity index (χ4v) is 2.31. The Morgan fingerprint density at radius 3 is 2.90 bits per heavy atom. The third kappa shape index (κ3) is 2.55. The fraction of sp³-hybridized carbons (Fsp3) is 0.357. The number of amides is 1. The van der Waals surface area contributed by atoms with Crippen molar-refractivity contribution in [1.29, 1.82) is 0 Å². The van der Waals surface area contributed by atoms with Crippen LogP contribution in [0, 0.1) is 0 Å². The van der Waals surface area contributed by atoms with E-state index in [0.717, 1.165) is 42.5 Å². The fourth-order valence-electron chi connectivity index (χ4n) is 2.31. The first-order valence-corrected chi connectivity index (χ1v) is 6.71. The summed E-state index contributed by atoms with van der Waals surface area (Å²) in [5.74, 6) is -0.270. The zero-order valence-corrected chi connectivity index (χ0v) is 11.4. The Morgan fingerprint density at radius 1 is 1.35 bits per heavy atom. The number of fused-ring (bicyclic) bond motifs is 1. The van der Waals surface area contributed by atoms with Crippen molar-refractivity contribution in [2.45, 2.75) is 12.8 Å². The number of H-pyrrole nitrogens is 1. The van der Waals surface area contributed by atoms with Crippen molar-refractivity contribution in [3.8, 4) is 0 Å². The minimum atomic E-state index is -0.270. The van der Waals surface area contributed by atoms with Crippen LogP contribution in [0.4, 0.5) is 0 Å². The SMILES string of the molecule is CN1CCC(=NNC(=O)c2n[nH]c3ccccc23)CC1. The third-order valence-electron chi connectivity index (χ3n) is 3.57. The van der Waals surface area contributed by atoms with E-state index in [9.17, 15) is 4.79 Å². The highest BCUT2D eigenvalue weighted by Crippen LogP contribution is 2.14. The second-order valence-corrected chi connectivity index (χ2v) is 5.04. The molecule has 2 aromatic rings. The van der Waals surface area contributed by atoms with Crippen LogP contribution >= 0.6 is 0 Å². The molecule has 1 aliphatic rings. The Balaban J connectivity index is 1.72. The summed E-state index contributed by atoms with van der Waals surface area (Å²) >= 11 is 0. The quantitative estimate of drug-likeness (QED) is 0.810. The van der Waals surface area contributed by atoms with Crippen LogP contribution in [0.1, 0.15) is 23.3 Å². The van der Waals surface area contributed by atoms with Crippen LogP contribution in [-0.2, 0) is 0 Å². The van der Waals surface area contributed by atoms with Gasteiger partial charge in [-0.15, -0.1) is 0 Å². The first-order chi connectivity index (χ1) is 9.74. The highest BCUT2D eigenvalue weighted by Gasteiger charge is 2.15. The Morgan fingerprint density at radius 2 is 2.10 bits per heavy atom. The van der Waals surface area contributed by atoms with Gasteiger partial charge in [-0.05, 0) is 13.1 Å². The van der Waals surface area contributed by atoms with E-state index >= 15 is 0 Å². The maximum atomic E-state index is 12.1. The van der Waals surface area contributed by atoms with Crippen molar-refractivity contribution < 1.29 is 4.79 Å². The van der Waals surface area contributed by atoms with Crippen LogP contribution in [-0.4, -0.2) is 46.9 Å². The highest BCUT2D eigenvalue weighted by molar-refractivity contribution is 6.04. The van der Waals surface area contributed by atoms with E-state index in [0.29, 0.717) is 5.69 Å². The van der Waals surface area contributed by atoms with Crippen LogP contribution in [0.5, 0.6) is 0 Å². The summed E-state index contributed by atoms with van der Waals surface area (Å²) in [6.45, 7) is 1.97. The van der Waals surface area contributed by atoms with Gasteiger partial charge in [-0.2, -0.15) is 10.2 Å². The van der Waals surface area contributed by atoms with E-state index in [-0.39, 0.29) is 5.91 Å². The van der Waals surface area contributed by atoms with E-state index < -0.39 is 0 Å². The average Bonchev–Trinajstić information content (AvgIpc) is 2.90. The van der Waals surface area contributed by atoms with Crippen LogP contribution in [0.2, 0.25) is 0 Å². The van der Waals surface area contributed by atoms with Crippen LogP contribution in [0.25, 0.3) is 10.9 Å². The number of aromatic amines is 1. The number of hydrazone groups is 1. The van der Waals surface area contributed by atoms with Gasteiger partial charge in [0.25, 0.3) is 5.91 Å². The molecule has 1 aromatic carbocycles. The van der Waals surface area contributed by atoms with E-state index in [1.54, 1.807) is 0 Å². The number of rotatable bonds is 2. The van der Waals surface area contributed by atoms with E-state index in [1.165, 1.54) is 0 Å². The van der Waals surface area contributed by atoms with Crippen LogP contribution in [0.3, 0.4) is 0 Å². The normalized spacial score (nSPS) is 16.4. The van der Waals surface area contributed by atoms with Crippen molar-refractivity contribution in [2.75, 3.05) is 20.1 Å². The molecule has 1 saturated heterocycles. The number of aromatic nitrogens is 2. The molecule has 2 heterocycles. The van der Waals surface area contributed by atoms with Crippen molar-refractivity contribution in [3.05, 3.63) is 30.0 Å². The van der Waals surface area contributed by atoms with Gasteiger partial charge in [-0.25, -0.2) is 5.43 Å². The molecule has 1 amide bonds. The first-order valence-electron chi connectivity index (χ1n) is 6.71.